The van der Waals surface area contributed by atoms with Crippen LogP contribution in [0.15, 0.2) is 16.3 Å². The number of hydrogen-bond donors (Lipinski definition) is 2. The minimum absolute atomic E-state index is 0.151. The van der Waals surface area contributed by atoms with Crippen LogP contribution in [0.3, 0.4) is 0 Å². The number of nitrogens with one attached hydrogen (secondary N) is 2. The van der Waals surface area contributed by atoms with Gasteiger partial charge < -0.3 is 5.32 Å². The van der Waals surface area contributed by atoms with E-state index in [4.69, 9.17) is 0 Å². The van der Waals surface area contributed by atoms with Crippen molar-refractivity contribution in [1.82, 2.24) is 10.0 Å². The predicted molar refractivity (Wildman–Crippen MR) is 87.2 cm³/mol. The van der Waals surface area contributed by atoms with Crippen molar-refractivity contribution >= 4 is 33.1 Å². The fourth-order valence-corrected chi connectivity index (χ4v) is 5.26. The molecule has 7 heteroatoms. The van der Waals surface area contributed by atoms with E-state index in [0.29, 0.717) is 10.8 Å². The molecule has 1 aromatic rings. The van der Waals surface area contributed by atoms with Gasteiger partial charge in [-0.25, -0.2) is 13.1 Å². The Bertz CT molecular complexity index is 536. The van der Waals surface area contributed by atoms with Crippen molar-refractivity contribution in [2.45, 2.75) is 35.1 Å². The molecule has 1 aliphatic carbocycles. The molecule has 0 unspecified atom stereocenters. The number of thiophene rings is 1. The van der Waals surface area contributed by atoms with Crippen molar-refractivity contribution in [3.05, 3.63) is 17.0 Å². The van der Waals surface area contributed by atoms with Crippen LogP contribution in [0.4, 0.5) is 0 Å². The Morgan fingerprint density at radius 1 is 1.40 bits per heavy atom. The van der Waals surface area contributed by atoms with E-state index in [9.17, 15) is 8.42 Å². The van der Waals surface area contributed by atoms with Crippen LogP contribution in [0.25, 0.3) is 0 Å². The maximum atomic E-state index is 12.2. The van der Waals surface area contributed by atoms with Crippen LogP contribution in [0.1, 0.15) is 24.6 Å². The number of hydrogen-bond acceptors (Lipinski definition) is 5. The van der Waals surface area contributed by atoms with E-state index in [2.05, 4.69) is 17.0 Å². The third-order valence-electron chi connectivity index (χ3n) is 3.53. The van der Waals surface area contributed by atoms with Gasteiger partial charge in [-0.15, -0.1) is 11.3 Å². The van der Waals surface area contributed by atoms with Gasteiger partial charge in [-0.3, -0.25) is 0 Å². The van der Waals surface area contributed by atoms with Gasteiger partial charge >= 0.3 is 0 Å². The first-order chi connectivity index (χ1) is 9.51. The van der Waals surface area contributed by atoms with E-state index >= 15 is 0 Å². The lowest BCUT2D eigenvalue weighted by Gasteiger charge is -2.12. The van der Waals surface area contributed by atoms with Gasteiger partial charge in [-0.1, -0.05) is 6.92 Å². The number of likely N-dealkylation sites (N-methyl/N-ethyl adjacent to an activating group) is 1. The van der Waals surface area contributed by atoms with Gasteiger partial charge in [0.1, 0.15) is 4.21 Å². The Hall–Kier alpha value is -0.0800. The van der Waals surface area contributed by atoms with E-state index in [0.717, 1.165) is 37.2 Å². The maximum absolute atomic E-state index is 12.2. The molecule has 114 valence electrons. The number of rotatable bonds is 9. The summed E-state index contributed by atoms with van der Waals surface area (Å²) in [7, 11) is -3.34. The van der Waals surface area contributed by atoms with Crippen LogP contribution in [-0.2, 0) is 16.4 Å². The summed E-state index contributed by atoms with van der Waals surface area (Å²) in [6.07, 6.45) is 5.14. The van der Waals surface area contributed by atoms with Gasteiger partial charge in [0.05, 0.1) is 0 Å². The van der Waals surface area contributed by atoms with Crippen molar-refractivity contribution in [1.29, 1.82) is 0 Å². The van der Waals surface area contributed by atoms with Crippen LogP contribution in [0.5, 0.6) is 0 Å². The average molecular weight is 335 g/mol. The largest absolute Gasteiger partial charge is 0.317 e. The molecule has 1 aliphatic rings. The molecule has 0 atom stereocenters. The fraction of sp³-hybridized carbons (Fsp3) is 0.692. The fourth-order valence-electron chi connectivity index (χ4n) is 1.92. The Morgan fingerprint density at radius 3 is 2.75 bits per heavy atom. The monoisotopic (exact) mass is 334 g/mol. The highest BCUT2D eigenvalue weighted by Gasteiger charge is 2.42. The molecule has 0 bridgehead atoms. The third kappa shape index (κ3) is 4.21. The summed E-state index contributed by atoms with van der Waals surface area (Å²) >= 11 is 3.13. The van der Waals surface area contributed by atoms with Crippen molar-refractivity contribution in [2.24, 2.45) is 0 Å². The molecule has 0 saturated heterocycles. The van der Waals surface area contributed by atoms with Crippen molar-refractivity contribution in [2.75, 3.05) is 25.9 Å². The summed E-state index contributed by atoms with van der Waals surface area (Å²) in [5.41, 5.74) is 0. The highest BCUT2D eigenvalue weighted by atomic mass is 32.2. The van der Waals surface area contributed by atoms with Crippen molar-refractivity contribution in [3.63, 3.8) is 0 Å². The Balaban J connectivity index is 1.92. The molecule has 1 aromatic heterocycles. The van der Waals surface area contributed by atoms with Crippen LogP contribution in [-0.4, -0.2) is 39.1 Å². The second-order valence-electron chi connectivity index (χ2n) is 5.04. The zero-order valence-electron chi connectivity index (χ0n) is 11.9. The average Bonchev–Trinajstić information content (AvgIpc) is 3.06. The molecule has 4 nitrogen and oxygen atoms in total. The molecule has 1 saturated carbocycles. The zero-order chi connectivity index (χ0) is 14.6. The molecule has 0 aromatic carbocycles. The first kappa shape index (κ1) is 16.3. The van der Waals surface area contributed by atoms with E-state index in [1.165, 1.54) is 11.3 Å². The van der Waals surface area contributed by atoms with E-state index in [-0.39, 0.29) is 4.75 Å². The predicted octanol–water partition coefficient (Wildman–Crippen LogP) is 2.07. The minimum atomic E-state index is -3.34. The third-order valence-corrected chi connectivity index (χ3v) is 7.98. The van der Waals surface area contributed by atoms with Gasteiger partial charge in [-0.05, 0) is 50.7 Å². The summed E-state index contributed by atoms with van der Waals surface area (Å²) in [4.78, 5) is 1.11. The van der Waals surface area contributed by atoms with Gasteiger partial charge in [0.2, 0.25) is 10.0 Å². The SMILES string of the molecule is CCNCCc1ccc(S(=O)(=O)NCC2(SC)CC2)s1. The minimum Gasteiger partial charge on any atom is -0.317 e. The van der Waals surface area contributed by atoms with Crippen molar-refractivity contribution in [3.8, 4) is 0 Å². The summed E-state index contributed by atoms with van der Waals surface area (Å²) < 4.78 is 27.8. The molecule has 0 radical (unpaired) electrons. The standard InChI is InChI=1S/C13H22N2O2S3/c1-3-14-9-6-11-4-5-12(19-11)20(16,17)15-10-13(18-2)7-8-13/h4-5,14-15H,3,6-10H2,1-2H3. The molecule has 0 spiro atoms. The quantitative estimate of drug-likeness (QED) is 0.679. The highest BCUT2D eigenvalue weighted by Crippen LogP contribution is 2.46. The lowest BCUT2D eigenvalue weighted by molar-refractivity contribution is 0.582. The molecular formula is C13H22N2O2S3. The smallest absolute Gasteiger partial charge is 0.250 e. The van der Waals surface area contributed by atoms with Crippen molar-refractivity contribution < 1.29 is 8.42 Å². The lowest BCUT2D eigenvalue weighted by Crippen LogP contribution is -2.31. The molecule has 0 amide bonds. The van der Waals surface area contributed by atoms with E-state index in [1.807, 2.05) is 12.3 Å². The lowest BCUT2D eigenvalue weighted by atomic mass is 10.3. The maximum Gasteiger partial charge on any atom is 0.250 e. The zero-order valence-corrected chi connectivity index (χ0v) is 14.4. The van der Waals surface area contributed by atoms with Crippen LogP contribution >= 0.6 is 23.1 Å². The van der Waals surface area contributed by atoms with Crippen LogP contribution in [0.2, 0.25) is 0 Å². The summed E-state index contributed by atoms with van der Waals surface area (Å²) in [6, 6.07) is 3.63. The van der Waals surface area contributed by atoms with Gasteiger partial charge in [-0.2, -0.15) is 11.8 Å². The Morgan fingerprint density at radius 2 is 2.15 bits per heavy atom. The molecule has 20 heavy (non-hydrogen) atoms. The number of thioether (sulfide) groups is 1. The second-order valence-corrected chi connectivity index (χ2v) is 9.47. The van der Waals surface area contributed by atoms with E-state index < -0.39 is 10.0 Å². The molecule has 2 N–H and O–H groups in total. The van der Waals surface area contributed by atoms with E-state index in [1.54, 1.807) is 17.8 Å². The highest BCUT2D eigenvalue weighted by molar-refractivity contribution is 8.00. The van der Waals surface area contributed by atoms with Gasteiger partial charge in [0.15, 0.2) is 0 Å². The summed E-state index contributed by atoms with van der Waals surface area (Å²) in [5.74, 6) is 0. The molecule has 0 aliphatic heterocycles. The Labute approximate surface area is 129 Å². The Kier molecular flexibility index (Phi) is 5.53. The van der Waals surface area contributed by atoms with Gasteiger partial charge in [0.25, 0.3) is 0 Å². The molecular weight excluding hydrogens is 312 g/mol. The first-order valence-electron chi connectivity index (χ1n) is 6.85. The first-order valence-corrected chi connectivity index (χ1v) is 10.4. The summed E-state index contributed by atoms with van der Waals surface area (Å²) in [5, 5.41) is 3.24. The molecule has 2 rings (SSSR count). The van der Waals surface area contributed by atoms with Gasteiger partial charge in [0, 0.05) is 16.2 Å². The number of sulfonamides is 1. The molecule has 1 fully saturated rings. The normalized spacial score (nSPS) is 17.3. The topological polar surface area (TPSA) is 58.2 Å². The second kappa shape index (κ2) is 6.79. The summed E-state index contributed by atoms with van der Waals surface area (Å²) in [6.45, 7) is 4.43. The van der Waals surface area contributed by atoms with Crippen LogP contribution < -0.4 is 10.0 Å². The molecule has 1 heterocycles. The van der Waals surface area contributed by atoms with Crippen LogP contribution in [0, 0.1) is 0 Å².